The molecule has 3 rings (SSSR count). The highest BCUT2D eigenvalue weighted by Gasteiger charge is 2.33. The van der Waals surface area contributed by atoms with Gasteiger partial charge in [-0.3, -0.25) is 9.69 Å². The number of aromatic nitrogens is 1. The minimum absolute atomic E-state index is 0.559. The van der Waals surface area contributed by atoms with Gasteiger partial charge in [0.25, 0.3) is 0 Å². The van der Waals surface area contributed by atoms with Gasteiger partial charge in [0.1, 0.15) is 6.04 Å². The SMILES string of the molecule is Cc1nc(C)c(CN2CCc3ccccc3C2C(=O)O)s1. The third-order valence-corrected chi connectivity index (χ3v) is 5.02. The van der Waals surface area contributed by atoms with E-state index in [0.717, 1.165) is 39.7 Å². The molecule has 4 nitrogen and oxygen atoms in total. The summed E-state index contributed by atoms with van der Waals surface area (Å²) in [4.78, 5) is 19.4. The Balaban J connectivity index is 1.92. The highest BCUT2D eigenvalue weighted by atomic mass is 32.1. The van der Waals surface area contributed by atoms with Crippen molar-refractivity contribution in [2.75, 3.05) is 6.54 Å². The van der Waals surface area contributed by atoms with Crippen LogP contribution in [0.2, 0.25) is 0 Å². The molecular weight excluding hydrogens is 284 g/mol. The first-order chi connectivity index (χ1) is 10.1. The molecule has 2 heterocycles. The summed E-state index contributed by atoms with van der Waals surface area (Å²) in [6.07, 6.45) is 0.900. The van der Waals surface area contributed by atoms with E-state index in [-0.39, 0.29) is 0 Å². The van der Waals surface area contributed by atoms with Crippen LogP contribution >= 0.6 is 11.3 Å². The van der Waals surface area contributed by atoms with Crippen LogP contribution in [0.5, 0.6) is 0 Å². The number of carboxylic acid groups (broad SMARTS) is 1. The third-order valence-electron chi connectivity index (χ3n) is 3.96. The maximum absolute atomic E-state index is 11.8. The fourth-order valence-electron chi connectivity index (χ4n) is 2.98. The molecule has 0 saturated carbocycles. The predicted molar refractivity (Wildman–Crippen MR) is 82.5 cm³/mol. The third kappa shape index (κ3) is 2.71. The molecule has 0 amide bonds. The van der Waals surface area contributed by atoms with E-state index in [4.69, 9.17) is 0 Å². The number of hydrogen-bond donors (Lipinski definition) is 1. The van der Waals surface area contributed by atoms with Crippen LogP contribution in [0.4, 0.5) is 0 Å². The lowest BCUT2D eigenvalue weighted by atomic mass is 9.92. The summed E-state index contributed by atoms with van der Waals surface area (Å²) in [5, 5.41) is 10.7. The molecule has 0 aliphatic carbocycles. The number of benzene rings is 1. The molecular formula is C16H18N2O2S. The highest BCUT2D eigenvalue weighted by molar-refractivity contribution is 7.11. The number of thiazole rings is 1. The average Bonchev–Trinajstić information content (AvgIpc) is 2.76. The van der Waals surface area contributed by atoms with Gasteiger partial charge >= 0.3 is 5.97 Å². The van der Waals surface area contributed by atoms with Crippen molar-refractivity contribution < 1.29 is 9.90 Å². The minimum atomic E-state index is -0.777. The maximum Gasteiger partial charge on any atom is 0.325 e. The zero-order chi connectivity index (χ0) is 15.0. The average molecular weight is 302 g/mol. The molecule has 1 aliphatic rings. The Hall–Kier alpha value is -1.72. The summed E-state index contributed by atoms with van der Waals surface area (Å²) in [5.41, 5.74) is 3.09. The molecule has 0 saturated heterocycles. The van der Waals surface area contributed by atoms with Crippen molar-refractivity contribution in [1.82, 2.24) is 9.88 Å². The quantitative estimate of drug-likeness (QED) is 0.947. The lowest BCUT2D eigenvalue weighted by Crippen LogP contribution is -2.39. The van der Waals surface area contributed by atoms with Crippen LogP contribution in [0.25, 0.3) is 0 Å². The highest BCUT2D eigenvalue weighted by Crippen LogP contribution is 2.32. The van der Waals surface area contributed by atoms with Crippen LogP contribution in [0.15, 0.2) is 24.3 Å². The van der Waals surface area contributed by atoms with Gasteiger partial charge in [-0.15, -0.1) is 11.3 Å². The van der Waals surface area contributed by atoms with Gasteiger partial charge < -0.3 is 5.11 Å². The van der Waals surface area contributed by atoms with Gasteiger partial charge in [0, 0.05) is 18.0 Å². The Bertz CT molecular complexity index is 681. The van der Waals surface area contributed by atoms with Crippen LogP contribution in [-0.4, -0.2) is 27.5 Å². The Morgan fingerprint density at radius 1 is 1.43 bits per heavy atom. The molecule has 0 fully saturated rings. The smallest absolute Gasteiger partial charge is 0.325 e. The summed E-state index contributed by atoms with van der Waals surface area (Å²) >= 11 is 1.66. The van der Waals surface area contributed by atoms with E-state index in [0.29, 0.717) is 6.54 Å². The molecule has 1 aromatic heterocycles. The Labute approximate surface area is 128 Å². The van der Waals surface area contributed by atoms with Gasteiger partial charge in [-0.25, -0.2) is 4.98 Å². The van der Waals surface area contributed by atoms with Crippen molar-refractivity contribution in [1.29, 1.82) is 0 Å². The molecule has 0 spiro atoms. The summed E-state index contributed by atoms with van der Waals surface area (Å²) < 4.78 is 0. The number of carboxylic acids is 1. The molecule has 110 valence electrons. The Kier molecular flexibility index (Phi) is 3.78. The molecule has 2 aromatic rings. The number of aliphatic carboxylic acids is 1. The second-order valence-electron chi connectivity index (χ2n) is 5.40. The topological polar surface area (TPSA) is 53.4 Å². The van der Waals surface area contributed by atoms with E-state index >= 15 is 0 Å². The van der Waals surface area contributed by atoms with Crippen molar-refractivity contribution in [3.05, 3.63) is 51.0 Å². The van der Waals surface area contributed by atoms with E-state index in [1.165, 1.54) is 0 Å². The number of nitrogens with zero attached hydrogens (tertiary/aromatic N) is 2. The standard InChI is InChI=1S/C16H18N2O2S/c1-10-14(21-11(2)17-10)9-18-8-7-12-5-3-4-6-13(12)15(18)16(19)20/h3-6,15H,7-9H2,1-2H3,(H,19,20). The van der Waals surface area contributed by atoms with Crippen molar-refractivity contribution >= 4 is 17.3 Å². The van der Waals surface area contributed by atoms with Crippen molar-refractivity contribution in [3.63, 3.8) is 0 Å². The number of aryl methyl sites for hydroxylation is 2. The molecule has 1 aromatic carbocycles. The van der Waals surface area contributed by atoms with Crippen LogP contribution < -0.4 is 0 Å². The summed E-state index contributed by atoms with van der Waals surface area (Å²) in [6.45, 7) is 5.40. The van der Waals surface area contributed by atoms with Gasteiger partial charge in [-0.2, -0.15) is 0 Å². The lowest BCUT2D eigenvalue weighted by molar-refractivity contribution is -0.144. The molecule has 1 aliphatic heterocycles. The van der Waals surface area contributed by atoms with Gasteiger partial charge in [-0.05, 0) is 31.4 Å². The van der Waals surface area contributed by atoms with E-state index in [1.54, 1.807) is 11.3 Å². The number of hydrogen-bond acceptors (Lipinski definition) is 4. The molecule has 21 heavy (non-hydrogen) atoms. The fraction of sp³-hybridized carbons (Fsp3) is 0.375. The van der Waals surface area contributed by atoms with E-state index in [1.807, 2.05) is 43.0 Å². The van der Waals surface area contributed by atoms with E-state index < -0.39 is 12.0 Å². The summed E-state index contributed by atoms with van der Waals surface area (Å²) in [7, 11) is 0. The van der Waals surface area contributed by atoms with E-state index in [2.05, 4.69) is 4.98 Å². The van der Waals surface area contributed by atoms with Gasteiger partial charge in [0.15, 0.2) is 0 Å². The normalized spacial score (nSPS) is 18.5. The zero-order valence-corrected chi connectivity index (χ0v) is 13.0. The van der Waals surface area contributed by atoms with Crippen molar-refractivity contribution in [2.24, 2.45) is 0 Å². The number of fused-ring (bicyclic) bond motifs is 1. The largest absolute Gasteiger partial charge is 0.480 e. The molecule has 1 N–H and O–H groups in total. The first-order valence-electron chi connectivity index (χ1n) is 7.04. The maximum atomic E-state index is 11.8. The van der Waals surface area contributed by atoms with Crippen LogP contribution in [0.1, 0.15) is 32.7 Å². The van der Waals surface area contributed by atoms with Crippen LogP contribution in [0, 0.1) is 13.8 Å². The van der Waals surface area contributed by atoms with Gasteiger partial charge in [0.2, 0.25) is 0 Å². The summed E-state index contributed by atoms with van der Waals surface area (Å²) in [5.74, 6) is -0.777. The fourth-order valence-corrected chi connectivity index (χ4v) is 3.95. The van der Waals surface area contributed by atoms with Gasteiger partial charge in [-0.1, -0.05) is 24.3 Å². The summed E-state index contributed by atoms with van der Waals surface area (Å²) in [6, 6.07) is 7.30. The molecule has 5 heteroatoms. The second kappa shape index (κ2) is 5.58. The first-order valence-corrected chi connectivity index (χ1v) is 7.85. The lowest BCUT2D eigenvalue weighted by Gasteiger charge is -2.34. The van der Waals surface area contributed by atoms with E-state index in [9.17, 15) is 9.90 Å². The number of carbonyl (C=O) groups is 1. The van der Waals surface area contributed by atoms with Crippen LogP contribution in [0.3, 0.4) is 0 Å². The molecule has 1 atom stereocenters. The predicted octanol–water partition coefficient (Wildman–Crippen LogP) is 2.94. The Morgan fingerprint density at radius 2 is 2.19 bits per heavy atom. The Morgan fingerprint density at radius 3 is 2.86 bits per heavy atom. The zero-order valence-electron chi connectivity index (χ0n) is 12.2. The van der Waals surface area contributed by atoms with Crippen molar-refractivity contribution in [2.45, 2.75) is 32.9 Å². The monoisotopic (exact) mass is 302 g/mol. The minimum Gasteiger partial charge on any atom is -0.480 e. The van der Waals surface area contributed by atoms with Crippen molar-refractivity contribution in [3.8, 4) is 0 Å². The molecule has 0 bridgehead atoms. The second-order valence-corrected chi connectivity index (χ2v) is 6.69. The van der Waals surface area contributed by atoms with Gasteiger partial charge in [0.05, 0.1) is 10.7 Å². The molecule has 0 radical (unpaired) electrons. The molecule has 1 unspecified atom stereocenters. The number of rotatable bonds is 3. The first kappa shape index (κ1) is 14.2. The van der Waals surface area contributed by atoms with Crippen LogP contribution in [-0.2, 0) is 17.8 Å².